The van der Waals surface area contributed by atoms with Crippen LogP contribution in [0.2, 0.25) is 0 Å². The van der Waals surface area contributed by atoms with Crippen LogP contribution in [0.5, 0.6) is 0 Å². The first-order valence-electron chi connectivity index (χ1n) is 8.92. The lowest BCUT2D eigenvalue weighted by Gasteiger charge is -2.07. The number of hydrogen-bond donors (Lipinski definition) is 2. The fourth-order valence-corrected chi connectivity index (χ4v) is 4.95. The fourth-order valence-electron chi connectivity index (χ4n) is 3.38. The first-order chi connectivity index (χ1) is 13.1. The highest BCUT2D eigenvalue weighted by molar-refractivity contribution is 7.91. The van der Waals surface area contributed by atoms with Crippen molar-refractivity contribution in [3.05, 3.63) is 66.2 Å². The number of benzene rings is 3. The minimum Gasteiger partial charge on any atom is -0.396 e. The van der Waals surface area contributed by atoms with Gasteiger partial charge in [0.15, 0.2) is 5.03 Å². The van der Waals surface area contributed by atoms with E-state index < -0.39 is 9.84 Å². The second-order valence-electron chi connectivity index (χ2n) is 6.57. The average molecular weight is 380 g/mol. The van der Waals surface area contributed by atoms with Crippen LogP contribution in [0.15, 0.2) is 70.6 Å². The molecule has 2 N–H and O–H groups in total. The van der Waals surface area contributed by atoms with Gasteiger partial charge in [-0.3, -0.25) is 5.10 Å². The smallest absolute Gasteiger partial charge is 0.224 e. The van der Waals surface area contributed by atoms with Crippen molar-refractivity contribution in [3.8, 4) is 0 Å². The Hall–Kier alpha value is -2.70. The van der Waals surface area contributed by atoms with Crippen molar-refractivity contribution in [3.63, 3.8) is 0 Å². The van der Waals surface area contributed by atoms with Crippen molar-refractivity contribution in [2.45, 2.75) is 29.2 Å². The maximum Gasteiger partial charge on any atom is 0.224 e. The van der Waals surface area contributed by atoms with Gasteiger partial charge in [0.1, 0.15) is 0 Å². The number of rotatable bonds is 6. The van der Waals surface area contributed by atoms with Gasteiger partial charge in [0.25, 0.3) is 0 Å². The lowest BCUT2D eigenvalue weighted by atomic mass is 10.1. The van der Waals surface area contributed by atoms with Crippen molar-refractivity contribution in [1.82, 2.24) is 10.2 Å². The molecule has 0 saturated heterocycles. The van der Waals surface area contributed by atoms with Gasteiger partial charge in [0, 0.05) is 17.4 Å². The molecular formula is C21H20N2O3S. The van der Waals surface area contributed by atoms with Gasteiger partial charge in [0.05, 0.1) is 10.4 Å². The van der Waals surface area contributed by atoms with Gasteiger partial charge in [0.2, 0.25) is 9.84 Å². The summed E-state index contributed by atoms with van der Waals surface area (Å²) in [6.45, 7) is 0.161. The summed E-state index contributed by atoms with van der Waals surface area (Å²) in [5.74, 6) is 0. The summed E-state index contributed by atoms with van der Waals surface area (Å²) in [5.41, 5.74) is 1.66. The fraction of sp³-hybridized carbons (Fsp3) is 0.190. The number of aliphatic hydroxyl groups excluding tert-OH is 1. The molecule has 0 aliphatic heterocycles. The van der Waals surface area contributed by atoms with Gasteiger partial charge in [-0.25, -0.2) is 8.42 Å². The Morgan fingerprint density at radius 3 is 2.59 bits per heavy atom. The zero-order valence-corrected chi connectivity index (χ0v) is 15.5. The maximum absolute atomic E-state index is 13.4. The molecule has 0 amide bonds. The van der Waals surface area contributed by atoms with E-state index in [1.807, 2.05) is 48.5 Å². The Kier molecular flexibility index (Phi) is 4.68. The molecular weight excluding hydrogens is 360 g/mol. The van der Waals surface area contributed by atoms with E-state index in [4.69, 9.17) is 5.11 Å². The van der Waals surface area contributed by atoms with Gasteiger partial charge < -0.3 is 5.11 Å². The van der Waals surface area contributed by atoms with Crippen LogP contribution in [0, 0.1) is 0 Å². The molecule has 3 aromatic carbocycles. The Balaban J connectivity index is 1.84. The average Bonchev–Trinajstić information content (AvgIpc) is 3.12. The van der Waals surface area contributed by atoms with E-state index in [1.54, 1.807) is 12.1 Å². The summed E-state index contributed by atoms with van der Waals surface area (Å²) >= 11 is 0. The summed E-state index contributed by atoms with van der Waals surface area (Å²) in [5, 5.41) is 18.2. The van der Waals surface area contributed by atoms with Crippen molar-refractivity contribution in [2.24, 2.45) is 0 Å². The number of H-pyrrole nitrogens is 1. The van der Waals surface area contributed by atoms with E-state index in [2.05, 4.69) is 10.2 Å². The molecule has 0 fully saturated rings. The number of unbranched alkanes of at least 4 members (excludes halogenated alkanes) is 1. The van der Waals surface area contributed by atoms with Crippen molar-refractivity contribution < 1.29 is 13.5 Å². The van der Waals surface area contributed by atoms with E-state index in [-0.39, 0.29) is 16.5 Å². The molecule has 27 heavy (non-hydrogen) atoms. The first-order valence-corrected chi connectivity index (χ1v) is 10.4. The SMILES string of the molecule is O=S(=O)(c1cccc2ccccc12)c1[nH]nc2ccc(CCCCO)cc12. The number of fused-ring (bicyclic) bond motifs is 2. The summed E-state index contributed by atoms with van der Waals surface area (Å²) in [7, 11) is -3.75. The van der Waals surface area contributed by atoms with Gasteiger partial charge in [-0.15, -0.1) is 0 Å². The molecule has 0 bridgehead atoms. The van der Waals surface area contributed by atoms with Crippen LogP contribution in [0.4, 0.5) is 0 Å². The number of aliphatic hydroxyl groups is 1. The van der Waals surface area contributed by atoms with Crippen LogP contribution < -0.4 is 0 Å². The molecule has 0 radical (unpaired) electrons. The normalized spacial score (nSPS) is 12.0. The highest BCUT2D eigenvalue weighted by Gasteiger charge is 2.25. The van der Waals surface area contributed by atoms with E-state index in [1.165, 1.54) is 0 Å². The third-order valence-corrected chi connectivity index (χ3v) is 6.55. The molecule has 0 spiro atoms. The topological polar surface area (TPSA) is 83.0 Å². The maximum atomic E-state index is 13.4. The summed E-state index contributed by atoms with van der Waals surface area (Å²) in [4.78, 5) is 0.275. The van der Waals surface area contributed by atoms with Crippen molar-refractivity contribution >= 4 is 31.5 Å². The third-order valence-electron chi connectivity index (χ3n) is 4.76. The number of nitrogens with one attached hydrogen (secondary N) is 1. The minimum absolute atomic E-state index is 0.123. The number of nitrogens with zero attached hydrogens (tertiary/aromatic N) is 1. The molecule has 138 valence electrons. The molecule has 0 saturated carbocycles. The monoisotopic (exact) mass is 380 g/mol. The first kappa shape index (κ1) is 17.7. The Morgan fingerprint density at radius 2 is 1.74 bits per heavy atom. The van der Waals surface area contributed by atoms with E-state index in [9.17, 15) is 8.42 Å². The predicted molar refractivity (Wildman–Crippen MR) is 106 cm³/mol. The lowest BCUT2D eigenvalue weighted by molar-refractivity contribution is 0.284. The van der Waals surface area contributed by atoms with Gasteiger partial charge >= 0.3 is 0 Å². The largest absolute Gasteiger partial charge is 0.396 e. The molecule has 5 nitrogen and oxygen atoms in total. The highest BCUT2D eigenvalue weighted by Crippen LogP contribution is 2.31. The lowest BCUT2D eigenvalue weighted by Crippen LogP contribution is -2.04. The molecule has 0 aliphatic carbocycles. The van der Waals surface area contributed by atoms with Crippen LogP contribution in [0.1, 0.15) is 18.4 Å². The number of aromatic amines is 1. The van der Waals surface area contributed by atoms with Crippen LogP contribution in [-0.4, -0.2) is 30.3 Å². The number of sulfone groups is 1. The predicted octanol–water partition coefficient (Wildman–Crippen LogP) is 3.86. The van der Waals surface area contributed by atoms with Gasteiger partial charge in [-0.1, -0.05) is 42.5 Å². The van der Waals surface area contributed by atoms with Crippen LogP contribution in [0.25, 0.3) is 21.7 Å². The van der Waals surface area contributed by atoms with E-state index in [0.29, 0.717) is 16.3 Å². The van der Waals surface area contributed by atoms with Crippen LogP contribution >= 0.6 is 0 Å². The molecule has 4 rings (SSSR count). The summed E-state index contributed by atoms with van der Waals surface area (Å²) in [6, 6.07) is 18.4. The Bertz CT molecular complexity index is 1210. The molecule has 0 atom stereocenters. The summed E-state index contributed by atoms with van der Waals surface area (Å²) < 4.78 is 26.8. The molecule has 0 unspecified atom stereocenters. The van der Waals surface area contributed by atoms with Crippen molar-refractivity contribution in [2.75, 3.05) is 6.61 Å². The van der Waals surface area contributed by atoms with Crippen LogP contribution in [-0.2, 0) is 16.3 Å². The second kappa shape index (κ2) is 7.13. The number of aromatic nitrogens is 2. The number of hydrogen-bond acceptors (Lipinski definition) is 4. The van der Waals surface area contributed by atoms with Crippen molar-refractivity contribution in [1.29, 1.82) is 0 Å². The zero-order chi connectivity index (χ0) is 18.9. The quantitative estimate of drug-likeness (QED) is 0.498. The molecule has 4 aromatic rings. The molecule has 6 heteroatoms. The third kappa shape index (κ3) is 3.22. The summed E-state index contributed by atoms with van der Waals surface area (Å²) in [6.07, 6.45) is 2.37. The van der Waals surface area contributed by atoms with E-state index in [0.717, 1.165) is 30.2 Å². The molecule has 1 aromatic heterocycles. The Labute approximate surface area is 157 Å². The highest BCUT2D eigenvalue weighted by atomic mass is 32.2. The van der Waals surface area contributed by atoms with E-state index >= 15 is 0 Å². The zero-order valence-electron chi connectivity index (χ0n) is 14.7. The van der Waals surface area contributed by atoms with Gasteiger partial charge in [-0.2, -0.15) is 5.10 Å². The van der Waals surface area contributed by atoms with Crippen LogP contribution in [0.3, 0.4) is 0 Å². The second-order valence-corrected chi connectivity index (χ2v) is 8.42. The molecule has 0 aliphatic rings. The number of aryl methyl sites for hydroxylation is 1. The Morgan fingerprint density at radius 1 is 0.926 bits per heavy atom. The standard InChI is InChI=1S/C21H20N2O3S/c24-13-4-3-6-15-11-12-19-18(14-15)21(23-22-19)27(25,26)20-10-5-8-16-7-1-2-9-17(16)20/h1-2,5,7-12,14,24H,3-4,6,13H2,(H,22,23). The minimum atomic E-state index is -3.75. The van der Waals surface area contributed by atoms with Gasteiger partial charge in [-0.05, 0) is 48.4 Å². The molecule has 1 heterocycles.